The maximum atomic E-state index is 5.35. The normalized spacial score (nSPS) is 21.6. The van der Waals surface area contributed by atoms with Crippen LogP contribution in [0.1, 0.15) is 12.8 Å². The minimum atomic E-state index is -0.0395. The molecule has 1 aromatic heterocycles. The molecule has 1 aliphatic heterocycles. The second-order valence-electron chi connectivity index (χ2n) is 5.35. The van der Waals surface area contributed by atoms with Crippen LogP contribution in [0.3, 0.4) is 0 Å². The van der Waals surface area contributed by atoms with Crippen molar-refractivity contribution in [2.24, 2.45) is 0 Å². The molecule has 0 bridgehead atoms. The van der Waals surface area contributed by atoms with Crippen LogP contribution < -0.4 is 10.6 Å². The summed E-state index contributed by atoms with van der Waals surface area (Å²) in [4.78, 5) is 0. The van der Waals surface area contributed by atoms with Crippen molar-refractivity contribution in [3.63, 3.8) is 0 Å². The highest BCUT2D eigenvalue weighted by Crippen LogP contribution is 2.20. The van der Waals surface area contributed by atoms with E-state index in [0.717, 1.165) is 31.6 Å². The highest BCUT2D eigenvalue weighted by Gasteiger charge is 2.33. The van der Waals surface area contributed by atoms with Crippen molar-refractivity contribution >= 4 is 5.95 Å². The maximum Gasteiger partial charge on any atom is 0.247 e. The van der Waals surface area contributed by atoms with Gasteiger partial charge in [-0.15, -0.1) is 0 Å². The molecule has 1 atom stereocenters. The van der Waals surface area contributed by atoms with E-state index in [2.05, 4.69) is 26.2 Å². The Morgan fingerprint density at radius 2 is 2.24 bits per heavy atom. The number of nitrogens with one attached hydrogen (secondary N) is 2. The molecule has 2 N–H and O–H groups in total. The molecule has 1 aliphatic rings. The SMILES string of the molecule is COCC1(CNc2nnnn2-c2ccccc2)CCCN1. The minimum Gasteiger partial charge on any atom is -0.383 e. The molecule has 21 heavy (non-hydrogen) atoms. The topological polar surface area (TPSA) is 76.9 Å². The molecule has 7 nitrogen and oxygen atoms in total. The van der Waals surface area contributed by atoms with Crippen LogP contribution in [-0.4, -0.2) is 52.6 Å². The summed E-state index contributed by atoms with van der Waals surface area (Å²) in [5.74, 6) is 0.644. The average Bonchev–Trinajstić information content (AvgIpc) is 3.16. The molecule has 1 saturated heterocycles. The maximum absolute atomic E-state index is 5.35. The lowest BCUT2D eigenvalue weighted by Crippen LogP contribution is -2.50. The van der Waals surface area contributed by atoms with E-state index < -0.39 is 0 Å². The summed E-state index contributed by atoms with van der Waals surface area (Å²) in [6.07, 6.45) is 2.25. The van der Waals surface area contributed by atoms with Gasteiger partial charge in [-0.2, -0.15) is 4.68 Å². The number of methoxy groups -OCH3 is 1. The van der Waals surface area contributed by atoms with Gasteiger partial charge < -0.3 is 15.4 Å². The summed E-state index contributed by atoms with van der Waals surface area (Å²) in [6, 6.07) is 9.84. The van der Waals surface area contributed by atoms with Gasteiger partial charge in [-0.1, -0.05) is 23.3 Å². The number of hydrogen-bond donors (Lipinski definition) is 2. The number of para-hydroxylation sites is 1. The van der Waals surface area contributed by atoms with Crippen molar-refractivity contribution in [3.05, 3.63) is 30.3 Å². The summed E-state index contributed by atoms with van der Waals surface area (Å²) in [5, 5.41) is 18.7. The Bertz CT molecular complexity index is 564. The summed E-state index contributed by atoms with van der Waals surface area (Å²) in [6.45, 7) is 2.43. The molecular formula is C14H20N6O. The molecule has 0 saturated carbocycles. The van der Waals surface area contributed by atoms with Crippen LogP contribution in [0.25, 0.3) is 5.69 Å². The number of hydrogen-bond acceptors (Lipinski definition) is 6. The molecule has 1 fully saturated rings. The van der Waals surface area contributed by atoms with E-state index in [0.29, 0.717) is 12.6 Å². The molecular weight excluding hydrogens is 268 g/mol. The Morgan fingerprint density at radius 1 is 1.38 bits per heavy atom. The number of nitrogens with zero attached hydrogens (tertiary/aromatic N) is 4. The van der Waals surface area contributed by atoms with E-state index in [1.807, 2.05) is 30.3 Å². The Labute approximate surface area is 123 Å². The van der Waals surface area contributed by atoms with E-state index in [-0.39, 0.29) is 5.54 Å². The number of ether oxygens (including phenoxy) is 1. The molecule has 0 amide bonds. The third-order valence-corrected chi connectivity index (χ3v) is 3.81. The molecule has 112 valence electrons. The van der Waals surface area contributed by atoms with Crippen LogP contribution in [0, 0.1) is 0 Å². The quantitative estimate of drug-likeness (QED) is 0.820. The molecule has 1 aromatic carbocycles. The van der Waals surface area contributed by atoms with E-state index in [1.54, 1.807) is 11.8 Å². The lowest BCUT2D eigenvalue weighted by molar-refractivity contribution is 0.127. The molecule has 0 spiro atoms. The largest absolute Gasteiger partial charge is 0.383 e. The molecule has 1 unspecified atom stereocenters. The fraction of sp³-hybridized carbons (Fsp3) is 0.500. The average molecular weight is 288 g/mol. The fourth-order valence-electron chi connectivity index (χ4n) is 2.76. The number of tetrazole rings is 1. The van der Waals surface area contributed by atoms with E-state index in [4.69, 9.17) is 4.74 Å². The van der Waals surface area contributed by atoms with Gasteiger partial charge in [0, 0.05) is 13.7 Å². The molecule has 2 aromatic rings. The van der Waals surface area contributed by atoms with Crippen LogP contribution in [0.4, 0.5) is 5.95 Å². The van der Waals surface area contributed by atoms with E-state index in [1.165, 1.54) is 0 Å². The lowest BCUT2D eigenvalue weighted by atomic mass is 9.99. The van der Waals surface area contributed by atoms with Gasteiger partial charge in [0.05, 0.1) is 17.8 Å². The standard InChI is InChI=1S/C14H20N6O/c1-21-11-14(8-5-9-16-14)10-15-13-17-18-19-20(13)12-6-3-2-4-7-12/h2-4,6-7,16H,5,8-11H2,1H3,(H,15,17,19). The third-order valence-electron chi connectivity index (χ3n) is 3.81. The molecule has 3 rings (SSSR count). The smallest absolute Gasteiger partial charge is 0.247 e. The van der Waals surface area contributed by atoms with Crippen molar-refractivity contribution in [1.29, 1.82) is 0 Å². The molecule has 0 aliphatic carbocycles. The minimum absolute atomic E-state index is 0.0395. The predicted molar refractivity (Wildman–Crippen MR) is 79.5 cm³/mol. The van der Waals surface area contributed by atoms with Gasteiger partial charge in [0.25, 0.3) is 0 Å². The van der Waals surface area contributed by atoms with Gasteiger partial charge in [0.2, 0.25) is 5.95 Å². The van der Waals surface area contributed by atoms with Crippen molar-refractivity contribution in [2.45, 2.75) is 18.4 Å². The van der Waals surface area contributed by atoms with Crippen molar-refractivity contribution in [3.8, 4) is 5.69 Å². The van der Waals surface area contributed by atoms with Gasteiger partial charge in [-0.05, 0) is 41.9 Å². The first-order chi connectivity index (χ1) is 10.3. The highest BCUT2D eigenvalue weighted by atomic mass is 16.5. The van der Waals surface area contributed by atoms with Crippen molar-refractivity contribution < 1.29 is 4.74 Å². The Morgan fingerprint density at radius 3 is 2.95 bits per heavy atom. The van der Waals surface area contributed by atoms with Gasteiger partial charge in [-0.3, -0.25) is 0 Å². The molecule has 0 radical (unpaired) electrons. The van der Waals surface area contributed by atoms with E-state index >= 15 is 0 Å². The van der Waals surface area contributed by atoms with Crippen LogP contribution >= 0.6 is 0 Å². The third kappa shape index (κ3) is 3.03. The highest BCUT2D eigenvalue weighted by molar-refractivity contribution is 5.38. The molecule has 2 heterocycles. The predicted octanol–water partition coefficient (Wildman–Crippen LogP) is 0.843. The van der Waals surface area contributed by atoms with Crippen molar-refractivity contribution in [2.75, 3.05) is 32.1 Å². The number of anilines is 1. The Balaban J connectivity index is 1.73. The van der Waals surface area contributed by atoms with Crippen LogP contribution in [0.15, 0.2) is 30.3 Å². The van der Waals surface area contributed by atoms with E-state index in [9.17, 15) is 0 Å². The van der Waals surface area contributed by atoms with Crippen LogP contribution in [0.5, 0.6) is 0 Å². The number of aromatic nitrogens is 4. The zero-order valence-corrected chi connectivity index (χ0v) is 12.1. The van der Waals surface area contributed by atoms with Crippen LogP contribution in [0.2, 0.25) is 0 Å². The zero-order valence-electron chi connectivity index (χ0n) is 12.1. The van der Waals surface area contributed by atoms with Gasteiger partial charge >= 0.3 is 0 Å². The monoisotopic (exact) mass is 288 g/mol. The number of rotatable bonds is 6. The number of benzene rings is 1. The fourth-order valence-corrected chi connectivity index (χ4v) is 2.76. The first-order valence-corrected chi connectivity index (χ1v) is 7.15. The van der Waals surface area contributed by atoms with Gasteiger partial charge in [0.15, 0.2) is 0 Å². The summed E-state index contributed by atoms with van der Waals surface area (Å²) in [5.41, 5.74) is 0.896. The zero-order chi connectivity index (χ0) is 14.5. The lowest BCUT2D eigenvalue weighted by Gasteiger charge is -2.28. The van der Waals surface area contributed by atoms with Gasteiger partial charge in [-0.25, -0.2) is 0 Å². The summed E-state index contributed by atoms with van der Waals surface area (Å²) >= 11 is 0. The van der Waals surface area contributed by atoms with Crippen molar-refractivity contribution in [1.82, 2.24) is 25.5 Å². The van der Waals surface area contributed by atoms with Crippen LogP contribution in [-0.2, 0) is 4.74 Å². The first kappa shape index (κ1) is 14.0. The summed E-state index contributed by atoms with van der Waals surface area (Å²) in [7, 11) is 1.73. The summed E-state index contributed by atoms with van der Waals surface area (Å²) < 4.78 is 7.06. The second kappa shape index (κ2) is 6.19. The Hall–Kier alpha value is -1.99. The molecule has 7 heteroatoms. The second-order valence-corrected chi connectivity index (χ2v) is 5.35. The first-order valence-electron chi connectivity index (χ1n) is 7.15. The van der Waals surface area contributed by atoms with Gasteiger partial charge in [0.1, 0.15) is 0 Å². The Kier molecular flexibility index (Phi) is 4.12.